The number of nitrogens with two attached hydrogens (primary N) is 2. The molecule has 0 aromatic rings. The number of ketones is 2. The highest BCUT2D eigenvalue weighted by Gasteiger charge is 2.21. The largest absolute Gasteiger partial charge is 0.480 e. The van der Waals surface area contributed by atoms with Crippen LogP contribution in [0.25, 0.3) is 0 Å². The molecule has 4 amide bonds. The van der Waals surface area contributed by atoms with E-state index in [1.165, 1.54) is 71.3 Å². The molecule has 9 N–H and O–H groups in total. The highest BCUT2D eigenvalue weighted by atomic mass is 16.5. The van der Waals surface area contributed by atoms with Crippen molar-refractivity contribution in [3.05, 3.63) is 0 Å². The van der Waals surface area contributed by atoms with Crippen LogP contribution >= 0.6 is 0 Å². The van der Waals surface area contributed by atoms with E-state index in [4.69, 9.17) is 29.8 Å². The summed E-state index contributed by atoms with van der Waals surface area (Å²) in [6, 6.07) is -1.94. The Hall–Kier alpha value is -3.55. The normalized spacial score (nSPS) is 12.0. The third-order valence-electron chi connectivity index (χ3n) is 10.1. The van der Waals surface area contributed by atoms with Crippen LogP contribution in [-0.4, -0.2) is 137 Å². The molecule has 0 aliphatic carbocycles. The number of carbonyl (C=O) groups excluding carboxylic acids is 6. The van der Waals surface area contributed by atoms with E-state index in [0.717, 1.165) is 51.6 Å². The Bertz CT molecular complexity index is 1210. The number of aliphatic hydroxyl groups excluding tert-OH is 1. The zero-order chi connectivity index (χ0) is 49.4. The topological polar surface area (TPSA) is 285 Å². The molecule has 18 nitrogen and oxygen atoms in total. The van der Waals surface area contributed by atoms with Gasteiger partial charge in [-0.3, -0.25) is 28.8 Å². The zero-order valence-electron chi connectivity index (χ0n) is 40.9. The van der Waals surface area contributed by atoms with Crippen molar-refractivity contribution in [2.45, 2.75) is 181 Å². The Morgan fingerprint density at radius 1 is 0.585 bits per heavy atom. The number of Topliss-reactive ketones (excluding diaryl/α,β-unsaturated/α-hetero) is 2. The molecule has 0 rings (SSSR count). The van der Waals surface area contributed by atoms with Gasteiger partial charge in [-0.05, 0) is 45.4 Å². The Morgan fingerprint density at radius 2 is 1.11 bits per heavy atom. The Labute approximate surface area is 390 Å². The van der Waals surface area contributed by atoms with Crippen LogP contribution in [0.4, 0.5) is 0 Å². The summed E-state index contributed by atoms with van der Waals surface area (Å²) < 4.78 is 20.9. The maximum Gasteiger partial charge on any atom is 0.326 e. The van der Waals surface area contributed by atoms with Gasteiger partial charge in [0, 0.05) is 52.0 Å². The van der Waals surface area contributed by atoms with E-state index in [0.29, 0.717) is 58.8 Å². The molecule has 0 fully saturated rings. The maximum atomic E-state index is 12.2. The molecule has 0 saturated carbocycles. The molecule has 0 spiro atoms. The van der Waals surface area contributed by atoms with Crippen molar-refractivity contribution in [2.75, 3.05) is 73.1 Å². The average molecular weight is 934 g/mol. The lowest BCUT2D eigenvalue weighted by Crippen LogP contribution is -2.41. The number of carbonyl (C=O) groups is 7. The number of aliphatic hydroxyl groups is 1. The number of nitrogens with one attached hydrogen (secondary N) is 3. The van der Waals surface area contributed by atoms with Gasteiger partial charge in [-0.1, -0.05) is 104 Å². The Kier molecular flexibility index (Phi) is 50.4. The first-order valence-corrected chi connectivity index (χ1v) is 24.1. The summed E-state index contributed by atoms with van der Waals surface area (Å²) in [6.45, 7) is 10.9. The number of aliphatic carboxylic acids is 1. The molecule has 0 saturated heterocycles. The van der Waals surface area contributed by atoms with Gasteiger partial charge in [0.2, 0.25) is 23.6 Å². The zero-order valence-corrected chi connectivity index (χ0v) is 40.9. The number of rotatable bonds is 43. The quantitative estimate of drug-likeness (QED) is 0.0409. The second-order valence-corrected chi connectivity index (χ2v) is 16.2. The number of carboxylic acid groups (broad SMARTS) is 1. The molecule has 18 heteroatoms. The summed E-state index contributed by atoms with van der Waals surface area (Å²) in [6.07, 6.45) is 21.0. The molecule has 0 aromatic carbocycles. The number of amides is 4. The highest BCUT2D eigenvalue weighted by molar-refractivity contribution is 5.85. The molecular weight excluding hydrogens is 843 g/mol. The van der Waals surface area contributed by atoms with Crippen molar-refractivity contribution < 1.29 is 62.7 Å². The summed E-state index contributed by atoms with van der Waals surface area (Å²) in [5, 5.41) is 25.3. The first kappa shape index (κ1) is 65.7. The van der Waals surface area contributed by atoms with Crippen LogP contribution in [0.1, 0.15) is 169 Å². The van der Waals surface area contributed by atoms with E-state index in [1.54, 1.807) is 6.92 Å². The van der Waals surface area contributed by atoms with Gasteiger partial charge in [-0.15, -0.1) is 0 Å². The van der Waals surface area contributed by atoms with Gasteiger partial charge in [0.15, 0.2) is 0 Å². The van der Waals surface area contributed by atoms with Crippen molar-refractivity contribution in [1.82, 2.24) is 16.0 Å². The van der Waals surface area contributed by atoms with Crippen LogP contribution in [0, 0.1) is 5.92 Å². The van der Waals surface area contributed by atoms with Gasteiger partial charge in [0.1, 0.15) is 36.9 Å². The number of carboxylic acids is 1. The molecule has 0 aliphatic rings. The standard InChI is InChI=1S/C29H54N2O7.C15H29NO4.C3H8N2O2/c1-3-4-5-6-7-8-9-10-11-12-13-14-15-18-27(33)31-26(29(35)36)20-19-25(32)17-16-21-37-22-23-38-24-28(34)30-2;1-4-9-19-10-11-20-12-15(18)16-8-6-5-7-13(2)14(3)17;4-2(1-6)3(5)7/h26H,3-24H2,1-2H3,(H,30,34)(H,31,33)(H,35,36);13H,4-12H2,1-3H3,(H,16,18);2,6H,1,4H2,(H2,5,7)/t;13-;2-/m.00/s1. The fraction of sp³-hybridized carbons (Fsp3) is 0.851. The van der Waals surface area contributed by atoms with Crippen molar-refractivity contribution in [3.8, 4) is 0 Å². The Morgan fingerprint density at radius 3 is 1.58 bits per heavy atom. The predicted octanol–water partition coefficient (Wildman–Crippen LogP) is 4.68. The molecule has 0 heterocycles. The SMILES string of the molecule is CCCCCCCCCCCCCCCC(=O)NC(CCC(=O)CCCOCCOCC(=O)NC)C(=O)O.CCCOCCOCC(=O)NCCCC[C@H](C)C(C)=O.NC(=O)[C@@H](N)CO. The minimum absolute atomic E-state index is 0.0149. The van der Waals surface area contributed by atoms with Crippen molar-refractivity contribution in [3.63, 3.8) is 0 Å². The van der Waals surface area contributed by atoms with Crippen molar-refractivity contribution in [2.24, 2.45) is 17.4 Å². The van der Waals surface area contributed by atoms with Gasteiger partial charge < -0.3 is 56.6 Å². The third kappa shape index (κ3) is 51.3. The van der Waals surface area contributed by atoms with Crippen LogP contribution in [0.5, 0.6) is 0 Å². The number of primary amides is 1. The first-order valence-electron chi connectivity index (χ1n) is 24.1. The molecule has 65 heavy (non-hydrogen) atoms. The Balaban J connectivity index is -0.00000118. The lowest BCUT2D eigenvalue weighted by Gasteiger charge is -2.14. The first-order chi connectivity index (χ1) is 31.2. The average Bonchev–Trinajstić information content (AvgIpc) is 3.28. The fourth-order valence-corrected chi connectivity index (χ4v) is 5.76. The predicted molar refractivity (Wildman–Crippen MR) is 252 cm³/mol. The van der Waals surface area contributed by atoms with E-state index in [9.17, 15) is 38.7 Å². The number of unbranched alkanes of at least 4 members (excludes halogenated alkanes) is 13. The second kappa shape index (κ2) is 49.9. The second-order valence-electron chi connectivity index (χ2n) is 16.2. The van der Waals surface area contributed by atoms with Gasteiger partial charge in [0.05, 0.1) is 33.0 Å². The highest BCUT2D eigenvalue weighted by Crippen LogP contribution is 2.13. The van der Waals surface area contributed by atoms with Crippen LogP contribution < -0.4 is 27.4 Å². The van der Waals surface area contributed by atoms with E-state index in [-0.39, 0.29) is 67.9 Å². The molecule has 0 aromatic heterocycles. The third-order valence-corrected chi connectivity index (χ3v) is 10.1. The van der Waals surface area contributed by atoms with E-state index in [1.807, 2.05) is 13.8 Å². The van der Waals surface area contributed by atoms with Crippen molar-refractivity contribution in [1.29, 1.82) is 0 Å². The molecule has 0 radical (unpaired) electrons. The molecular formula is C47H91N5O13. The van der Waals surface area contributed by atoms with Gasteiger partial charge >= 0.3 is 5.97 Å². The smallest absolute Gasteiger partial charge is 0.326 e. The lowest BCUT2D eigenvalue weighted by atomic mass is 10.0. The number of likely N-dealkylation sites (N-methyl/N-ethyl adjacent to an activating group) is 1. The monoisotopic (exact) mass is 934 g/mol. The molecule has 0 bridgehead atoms. The van der Waals surface area contributed by atoms with Crippen LogP contribution in [0.2, 0.25) is 0 Å². The van der Waals surface area contributed by atoms with Crippen LogP contribution in [0.15, 0.2) is 0 Å². The van der Waals surface area contributed by atoms with Gasteiger partial charge in [0.25, 0.3) is 0 Å². The van der Waals surface area contributed by atoms with E-state index >= 15 is 0 Å². The van der Waals surface area contributed by atoms with Crippen LogP contribution in [0.3, 0.4) is 0 Å². The van der Waals surface area contributed by atoms with Crippen LogP contribution in [-0.2, 0) is 52.5 Å². The fourth-order valence-electron chi connectivity index (χ4n) is 5.76. The van der Waals surface area contributed by atoms with Gasteiger partial charge in [-0.25, -0.2) is 4.79 Å². The van der Waals surface area contributed by atoms with E-state index in [2.05, 4.69) is 28.6 Å². The van der Waals surface area contributed by atoms with E-state index < -0.39 is 24.0 Å². The summed E-state index contributed by atoms with van der Waals surface area (Å²) in [5.41, 5.74) is 9.51. The number of hydrogen-bond donors (Lipinski definition) is 7. The minimum atomic E-state index is -1.11. The summed E-state index contributed by atoms with van der Waals surface area (Å²) in [7, 11) is 1.53. The number of ether oxygens (including phenoxy) is 4. The van der Waals surface area contributed by atoms with Gasteiger partial charge in [-0.2, -0.15) is 0 Å². The summed E-state index contributed by atoms with van der Waals surface area (Å²) >= 11 is 0. The maximum absolute atomic E-state index is 12.2. The summed E-state index contributed by atoms with van der Waals surface area (Å²) in [4.78, 5) is 79.1. The van der Waals surface area contributed by atoms with Crippen molar-refractivity contribution >= 4 is 41.2 Å². The molecule has 1 unspecified atom stereocenters. The molecule has 382 valence electrons. The minimum Gasteiger partial charge on any atom is -0.480 e. The number of hydrogen-bond acceptors (Lipinski definition) is 13. The lowest BCUT2D eigenvalue weighted by molar-refractivity contribution is -0.142. The molecule has 0 aliphatic heterocycles. The molecule has 3 atom stereocenters. The summed E-state index contributed by atoms with van der Waals surface area (Å²) in [5.74, 6) is -2.06.